The number of ether oxygens (including phenoxy) is 1. The van der Waals surface area contributed by atoms with E-state index in [-0.39, 0.29) is 18.2 Å². The lowest BCUT2D eigenvalue weighted by atomic mass is 9.85. The molecule has 31 heavy (non-hydrogen) atoms. The van der Waals surface area contributed by atoms with Crippen LogP contribution in [0.4, 0.5) is 4.79 Å². The van der Waals surface area contributed by atoms with Crippen LogP contribution >= 0.6 is 0 Å². The van der Waals surface area contributed by atoms with Crippen molar-refractivity contribution in [2.75, 3.05) is 19.6 Å². The number of amides is 1. The Morgan fingerprint density at radius 2 is 1.84 bits per heavy atom. The molecule has 1 unspecified atom stereocenters. The van der Waals surface area contributed by atoms with E-state index in [0.29, 0.717) is 5.92 Å². The molecule has 1 amide bonds. The third kappa shape index (κ3) is 4.50. The van der Waals surface area contributed by atoms with Crippen LogP contribution in [-0.2, 0) is 17.6 Å². The van der Waals surface area contributed by atoms with Gasteiger partial charge >= 0.3 is 6.09 Å². The average Bonchev–Trinajstić information content (AvgIpc) is 2.80. The van der Waals surface area contributed by atoms with Crippen LogP contribution in [0.1, 0.15) is 61.8 Å². The fourth-order valence-electron chi connectivity index (χ4n) is 5.65. The summed E-state index contributed by atoms with van der Waals surface area (Å²) in [5.41, 5.74) is 6.53. The lowest BCUT2D eigenvalue weighted by Crippen LogP contribution is -2.52. The number of nitrogens with one attached hydrogen (secondary N) is 1. The molecule has 0 saturated carbocycles. The molecule has 3 saturated heterocycles. The van der Waals surface area contributed by atoms with Crippen molar-refractivity contribution in [1.29, 1.82) is 0 Å². The summed E-state index contributed by atoms with van der Waals surface area (Å²) >= 11 is 0. The van der Waals surface area contributed by atoms with Crippen LogP contribution in [0, 0.1) is 5.92 Å². The molecule has 164 valence electrons. The second kappa shape index (κ2) is 9.04. The number of aryl methyl sites for hydroxylation is 2. The number of nitrogens with zero attached hydrogens (tertiary/aromatic N) is 1. The maximum absolute atomic E-state index is 12.7. The average molecular weight is 419 g/mol. The Bertz CT molecular complexity index is 915. The highest BCUT2D eigenvalue weighted by molar-refractivity contribution is 5.69. The van der Waals surface area contributed by atoms with E-state index in [4.69, 9.17) is 4.74 Å². The van der Waals surface area contributed by atoms with Crippen LogP contribution in [0.25, 0.3) is 11.1 Å². The highest BCUT2D eigenvalue weighted by atomic mass is 16.6. The fraction of sp³-hybridized carbons (Fsp3) is 0.519. The number of benzene rings is 2. The summed E-state index contributed by atoms with van der Waals surface area (Å²) < 4.78 is 5.88. The van der Waals surface area contributed by atoms with Gasteiger partial charge in [-0.25, -0.2) is 4.79 Å². The standard InChI is InChI=1S/C27H34N2O2/c1-2-4-19-7-9-20(10-8-19)22-11-12-24-23(17-22)5-3-6-25(24)28-27(30)31-26-18-29-15-13-21(26)14-16-29/h7-12,17,21,25-26H,2-6,13-16,18H2,1H3,(H,28,30)/t25?,26-/m0/s1. The first-order chi connectivity index (χ1) is 15.2. The molecule has 2 aromatic rings. The molecule has 3 heterocycles. The van der Waals surface area contributed by atoms with Gasteiger partial charge < -0.3 is 10.1 Å². The van der Waals surface area contributed by atoms with Crippen molar-refractivity contribution >= 4 is 6.09 Å². The van der Waals surface area contributed by atoms with Gasteiger partial charge in [-0.05, 0) is 85.3 Å². The molecule has 1 N–H and O–H groups in total. The summed E-state index contributed by atoms with van der Waals surface area (Å²) in [5.74, 6) is 0.542. The summed E-state index contributed by atoms with van der Waals surface area (Å²) in [6.45, 7) is 5.44. The molecule has 6 rings (SSSR count). The van der Waals surface area contributed by atoms with Crippen molar-refractivity contribution in [3.05, 3.63) is 59.2 Å². The van der Waals surface area contributed by atoms with Crippen LogP contribution in [0.5, 0.6) is 0 Å². The first-order valence-corrected chi connectivity index (χ1v) is 12.1. The van der Waals surface area contributed by atoms with Gasteiger partial charge in [0, 0.05) is 6.54 Å². The molecule has 4 aliphatic rings. The van der Waals surface area contributed by atoms with E-state index in [9.17, 15) is 4.79 Å². The summed E-state index contributed by atoms with van der Waals surface area (Å²) in [5, 5.41) is 3.18. The van der Waals surface area contributed by atoms with Crippen LogP contribution in [0.3, 0.4) is 0 Å². The monoisotopic (exact) mass is 418 g/mol. The first-order valence-electron chi connectivity index (χ1n) is 12.1. The van der Waals surface area contributed by atoms with E-state index in [2.05, 4.69) is 59.6 Å². The van der Waals surface area contributed by atoms with E-state index in [1.807, 2.05) is 0 Å². The summed E-state index contributed by atoms with van der Waals surface area (Å²) in [4.78, 5) is 15.1. The molecule has 0 radical (unpaired) electrons. The van der Waals surface area contributed by atoms with Crippen LogP contribution in [-0.4, -0.2) is 36.7 Å². The summed E-state index contributed by atoms with van der Waals surface area (Å²) in [6, 6.07) is 15.7. The Kier molecular flexibility index (Phi) is 5.99. The van der Waals surface area contributed by atoms with Crippen molar-refractivity contribution in [3.63, 3.8) is 0 Å². The number of piperidine rings is 3. The van der Waals surface area contributed by atoms with Crippen molar-refractivity contribution < 1.29 is 9.53 Å². The Hall–Kier alpha value is -2.33. The highest BCUT2D eigenvalue weighted by Gasteiger charge is 2.37. The van der Waals surface area contributed by atoms with Gasteiger partial charge in [0.1, 0.15) is 6.10 Å². The summed E-state index contributed by atoms with van der Waals surface area (Å²) in [7, 11) is 0. The first kappa shape index (κ1) is 20.6. The minimum atomic E-state index is -0.243. The molecule has 4 heteroatoms. The molecule has 0 spiro atoms. The van der Waals surface area contributed by atoms with Gasteiger partial charge in [0.15, 0.2) is 0 Å². The SMILES string of the molecule is CCCc1ccc(-c2ccc3c(c2)CCCC3NC(=O)O[C@H]2CN3CCC2CC3)cc1. The minimum Gasteiger partial charge on any atom is -0.445 e. The van der Waals surface area contributed by atoms with Gasteiger partial charge in [0.05, 0.1) is 6.04 Å². The lowest BCUT2D eigenvalue weighted by Gasteiger charge is -2.44. The van der Waals surface area contributed by atoms with E-state index >= 15 is 0 Å². The topological polar surface area (TPSA) is 41.6 Å². The molecule has 2 aromatic carbocycles. The van der Waals surface area contributed by atoms with Crippen LogP contribution < -0.4 is 5.32 Å². The molecule has 4 nitrogen and oxygen atoms in total. The van der Waals surface area contributed by atoms with Crippen LogP contribution in [0.2, 0.25) is 0 Å². The molecule has 2 atom stereocenters. The Morgan fingerprint density at radius 3 is 2.55 bits per heavy atom. The second-order valence-electron chi connectivity index (χ2n) is 9.53. The predicted octanol–water partition coefficient (Wildman–Crippen LogP) is 5.50. The minimum absolute atomic E-state index is 0.0540. The number of rotatable bonds is 5. The number of carbonyl (C=O) groups is 1. The molecule has 1 aliphatic carbocycles. The molecule has 3 fully saturated rings. The Morgan fingerprint density at radius 1 is 1.06 bits per heavy atom. The number of hydrogen-bond acceptors (Lipinski definition) is 3. The number of carbonyl (C=O) groups excluding carboxylic acids is 1. The van der Waals surface area contributed by atoms with E-state index in [1.165, 1.54) is 34.2 Å². The largest absolute Gasteiger partial charge is 0.445 e. The second-order valence-corrected chi connectivity index (χ2v) is 9.53. The van der Waals surface area contributed by atoms with E-state index < -0.39 is 0 Å². The zero-order valence-corrected chi connectivity index (χ0v) is 18.6. The maximum atomic E-state index is 12.7. The van der Waals surface area contributed by atoms with Crippen molar-refractivity contribution in [2.24, 2.45) is 5.92 Å². The quantitative estimate of drug-likeness (QED) is 0.697. The van der Waals surface area contributed by atoms with Gasteiger partial charge in [0.25, 0.3) is 0 Å². The van der Waals surface area contributed by atoms with Gasteiger partial charge in [0.2, 0.25) is 0 Å². The highest BCUT2D eigenvalue weighted by Crippen LogP contribution is 2.34. The molecule has 0 aromatic heterocycles. The molecular formula is C27H34N2O2. The Balaban J connectivity index is 1.26. The normalized spacial score (nSPS) is 26.9. The molecule has 3 aliphatic heterocycles. The third-order valence-electron chi connectivity index (χ3n) is 7.43. The van der Waals surface area contributed by atoms with Crippen molar-refractivity contribution in [2.45, 2.75) is 64.0 Å². The molecule has 2 bridgehead atoms. The zero-order chi connectivity index (χ0) is 21.2. The van der Waals surface area contributed by atoms with Gasteiger partial charge in [-0.2, -0.15) is 0 Å². The van der Waals surface area contributed by atoms with E-state index in [1.54, 1.807) is 0 Å². The smallest absolute Gasteiger partial charge is 0.407 e. The number of hydrogen-bond donors (Lipinski definition) is 1. The fourth-order valence-corrected chi connectivity index (χ4v) is 5.65. The number of alkyl carbamates (subject to hydrolysis) is 1. The maximum Gasteiger partial charge on any atom is 0.407 e. The zero-order valence-electron chi connectivity index (χ0n) is 18.6. The van der Waals surface area contributed by atoms with Gasteiger partial charge in [-0.15, -0.1) is 0 Å². The van der Waals surface area contributed by atoms with Crippen molar-refractivity contribution in [3.8, 4) is 11.1 Å². The lowest BCUT2D eigenvalue weighted by molar-refractivity contribution is -0.0340. The Labute approximate surface area is 186 Å². The third-order valence-corrected chi connectivity index (χ3v) is 7.43. The van der Waals surface area contributed by atoms with Crippen molar-refractivity contribution in [1.82, 2.24) is 10.2 Å². The summed E-state index contributed by atoms with van der Waals surface area (Å²) in [6.07, 6.45) is 7.59. The van der Waals surface area contributed by atoms with E-state index in [0.717, 1.165) is 58.2 Å². The van der Waals surface area contributed by atoms with Gasteiger partial charge in [-0.3, -0.25) is 4.90 Å². The van der Waals surface area contributed by atoms with Gasteiger partial charge in [-0.1, -0.05) is 55.8 Å². The van der Waals surface area contributed by atoms with Crippen LogP contribution in [0.15, 0.2) is 42.5 Å². The number of fused-ring (bicyclic) bond motifs is 4. The predicted molar refractivity (Wildman–Crippen MR) is 124 cm³/mol. The molecular weight excluding hydrogens is 384 g/mol.